The molecule has 0 aliphatic rings. The van der Waals surface area contributed by atoms with Crippen LogP contribution >= 0.6 is 0 Å². The van der Waals surface area contributed by atoms with Crippen LogP contribution in [0.3, 0.4) is 0 Å². The fourth-order valence-corrected chi connectivity index (χ4v) is 3.65. The van der Waals surface area contributed by atoms with Crippen LogP contribution in [-0.2, 0) is 11.2 Å². The van der Waals surface area contributed by atoms with Gasteiger partial charge in [0, 0.05) is 48.7 Å². The van der Waals surface area contributed by atoms with Crippen LogP contribution in [-0.4, -0.2) is 53.5 Å². The summed E-state index contributed by atoms with van der Waals surface area (Å²) in [6.07, 6.45) is 3.75. The van der Waals surface area contributed by atoms with E-state index in [-0.39, 0.29) is 30.0 Å². The van der Waals surface area contributed by atoms with Crippen LogP contribution < -0.4 is 29.8 Å². The van der Waals surface area contributed by atoms with Crippen LogP contribution in [0.2, 0.25) is 0 Å². The Labute approximate surface area is 200 Å². The zero-order valence-corrected chi connectivity index (χ0v) is 19.8. The zero-order valence-electron chi connectivity index (χ0n) is 19.8. The van der Waals surface area contributed by atoms with Crippen molar-refractivity contribution in [1.82, 2.24) is 19.2 Å². The summed E-state index contributed by atoms with van der Waals surface area (Å²) in [5.41, 5.74) is 1.02. The molecule has 0 radical (unpaired) electrons. The summed E-state index contributed by atoms with van der Waals surface area (Å²) in [4.78, 5) is 25.5. The van der Waals surface area contributed by atoms with Crippen molar-refractivity contribution in [3.8, 4) is 28.7 Å². The van der Waals surface area contributed by atoms with E-state index in [9.17, 15) is 9.59 Å². The summed E-state index contributed by atoms with van der Waals surface area (Å²) < 4.78 is 24.2. The molecule has 4 aromatic rings. The Bertz CT molecular complexity index is 1390. The van der Waals surface area contributed by atoms with Crippen LogP contribution in [0.1, 0.15) is 12.2 Å². The predicted molar refractivity (Wildman–Crippen MR) is 128 cm³/mol. The highest BCUT2D eigenvalue weighted by Crippen LogP contribution is 2.39. The summed E-state index contributed by atoms with van der Waals surface area (Å²) >= 11 is 0. The van der Waals surface area contributed by atoms with E-state index in [1.54, 1.807) is 60.3 Å². The Balaban J connectivity index is 1.49. The number of carbonyl (C=O) groups is 1. The molecule has 0 bridgehead atoms. The molecular formula is C24H25N5O6. The van der Waals surface area contributed by atoms with Crippen LogP contribution in [0.15, 0.2) is 53.6 Å². The minimum absolute atomic E-state index is 0.124. The normalized spacial score (nSPS) is 10.7. The molecule has 0 aliphatic heterocycles. The van der Waals surface area contributed by atoms with E-state index in [1.165, 1.54) is 25.9 Å². The number of hydrogen-bond donors (Lipinski definition) is 1. The van der Waals surface area contributed by atoms with Gasteiger partial charge in [0.15, 0.2) is 11.5 Å². The Hall–Kier alpha value is -4.54. The molecule has 2 heterocycles. The number of nitrogens with zero attached hydrogens (tertiary/aromatic N) is 4. The molecule has 182 valence electrons. The lowest BCUT2D eigenvalue weighted by molar-refractivity contribution is -0.116. The van der Waals surface area contributed by atoms with Crippen molar-refractivity contribution in [3.05, 3.63) is 65.0 Å². The van der Waals surface area contributed by atoms with Crippen LogP contribution in [0.5, 0.6) is 23.0 Å². The van der Waals surface area contributed by atoms with E-state index in [4.69, 9.17) is 18.9 Å². The molecular weight excluding hydrogens is 454 g/mol. The van der Waals surface area contributed by atoms with Gasteiger partial charge in [0.05, 0.1) is 28.4 Å². The second-order valence-corrected chi connectivity index (χ2v) is 7.44. The molecule has 2 aromatic carbocycles. The van der Waals surface area contributed by atoms with Crippen molar-refractivity contribution in [2.24, 2.45) is 0 Å². The minimum atomic E-state index is -0.321. The standard InChI is InChI=1S/C24H25N5O6/c1-32-17-7-5-16(6-8-17)28-11-12-29-20(26-27-23(29)24(28)31)9-10-21(30)25-15-13-18(33-2)22(35-4)19(14-15)34-3/h5-8,11-14H,9-10H2,1-4H3,(H,25,30). The second-order valence-electron chi connectivity index (χ2n) is 7.44. The van der Waals surface area contributed by atoms with Gasteiger partial charge in [-0.15, -0.1) is 10.2 Å². The topological polar surface area (TPSA) is 118 Å². The number of anilines is 1. The van der Waals surface area contributed by atoms with Crippen molar-refractivity contribution < 1.29 is 23.7 Å². The van der Waals surface area contributed by atoms with Crippen molar-refractivity contribution >= 4 is 17.2 Å². The molecule has 0 spiro atoms. The third-order valence-corrected chi connectivity index (χ3v) is 5.42. The number of rotatable bonds is 9. The summed E-state index contributed by atoms with van der Waals surface area (Å²) in [6.45, 7) is 0. The van der Waals surface area contributed by atoms with Gasteiger partial charge in [0.25, 0.3) is 0 Å². The molecule has 0 saturated heterocycles. The zero-order chi connectivity index (χ0) is 24.9. The number of aromatic nitrogens is 4. The first-order chi connectivity index (χ1) is 17.0. The van der Waals surface area contributed by atoms with E-state index in [2.05, 4.69) is 15.5 Å². The van der Waals surface area contributed by atoms with Crippen LogP contribution in [0.4, 0.5) is 5.69 Å². The first-order valence-corrected chi connectivity index (χ1v) is 10.7. The SMILES string of the molecule is COc1ccc(-n2ccn3c(CCC(=O)Nc4cc(OC)c(OC)c(OC)c4)nnc3c2=O)cc1. The van der Waals surface area contributed by atoms with Gasteiger partial charge in [-0.2, -0.15) is 0 Å². The molecule has 4 rings (SSSR count). The molecule has 0 unspecified atom stereocenters. The molecule has 0 saturated carbocycles. The third-order valence-electron chi connectivity index (χ3n) is 5.42. The molecule has 0 fully saturated rings. The number of fused-ring (bicyclic) bond motifs is 1. The quantitative estimate of drug-likeness (QED) is 0.389. The van der Waals surface area contributed by atoms with Gasteiger partial charge in [-0.1, -0.05) is 0 Å². The summed E-state index contributed by atoms with van der Waals surface area (Å²) in [5.74, 6) is 2.24. The molecule has 0 aliphatic carbocycles. The highest BCUT2D eigenvalue weighted by Gasteiger charge is 2.16. The molecule has 1 amide bonds. The molecule has 35 heavy (non-hydrogen) atoms. The van der Waals surface area contributed by atoms with E-state index < -0.39 is 0 Å². The van der Waals surface area contributed by atoms with Crippen molar-refractivity contribution in [2.45, 2.75) is 12.8 Å². The van der Waals surface area contributed by atoms with Gasteiger partial charge < -0.3 is 24.3 Å². The third kappa shape index (κ3) is 4.74. The Kier molecular flexibility index (Phi) is 6.86. The summed E-state index contributed by atoms with van der Waals surface area (Å²) in [5, 5.41) is 11.0. The molecule has 11 heteroatoms. The van der Waals surface area contributed by atoms with Crippen LogP contribution in [0, 0.1) is 0 Å². The summed E-state index contributed by atoms with van der Waals surface area (Å²) in [7, 11) is 6.09. The van der Waals surface area contributed by atoms with Gasteiger partial charge in [-0.05, 0) is 24.3 Å². The summed E-state index contributed by atoms with van der Waals surface area (Å²) in [6, 6.07) is 10.4. The van der Waals surface area contributed by atoms with Crippen molar-refractivity contribution in [1.29, 1.82) is 0 Å². The average Bonchev–Trinajstić information content (AvgIpc) is 3.31. The average molecular weight is 479 g/mol. The fraction of sp³-hybridized carbons (Fsp3) is 0.250. The van der Waals surface area contributed by atoms with Gasteiger partial charge in [0.1, 0.15) is 11.6 Å². The number of ether oxygens (including phenoxy) is 4. The maximum absolute atomic E-state index is 12.9. The maximum Gasteiger partial charge on any atom is 0.300 e. The highest BCUT2D eigenvalue weighted by molar-refractivity contribution is 5.91. The van der Waals surface area contributed by atoms with Gasteiger partial charge >= 0.3 is 5.56 Å². The number of amides is 1. The van der Waals surface area contributed by atoms with E-state index in [1.807, 2.05) is 0 Å². The fourth-order valence-electron chi connectivity index (χ4n) is 3.65. The van der Waals surface area contributed by atoms with E-state index >= 15 is 0 Å². The number of nitrogens with one attached hydrogen (secondary N) is 1. The Morgan fingerprint density at radius 2 is 1.60 bits per heavy atom. The number of benzene rings is 2. The number of methoxy groups -OCH3 is 4. The van der Waals surface area contributed by atoms with Crippen molar-refractivity contribution in [2.75, 3.05) is 33.8 Å². The van der Waals surface area contributed by atoms with Crippen LogP contribution in [0.25, 0.3) is 11.3 Å². The smallest absolute Gasteiger partial charge is 0.300 e. The molecule has 1 N–H and O–H groups in total. The van der Waals surface area contributed by atoms with Gasteiger partial charge in [-0.25, -0.2) is 0 Å². The van der Waals surface area contributed by atoms with E-state index in [0.717, 1.165) is 0 Å². The predicted octanol–water partition coefficient (Wildman–Crippen LogP) is 2.49. The lowest BCUT2D eigenvalue weighted by atomic mass is 10.2. The lowest BCUT2D eigenvalue weighted by Gasteiger charge is -2.14. The Morgan fingerprint density at radius 3 is 2.20 bits per heavy atom. The minimum Gasteiger partial charge on any atom is -0.497 e. The first kappa shape index (κ1) is 23.6. The van der Waals surface area contributed by atoms with Gasteiger partial charge in [0.2, 0.25) is 17.3 Å². The molecule has 0 atom stereocenters. The molecule has 11 nitrogen and oxygen atoms in total. The maximum atomic E-state index is 12.9. The number of carbonyl (C=O) groups excluding carboxylic acids is 1. The number of hydrogen-bond acceptors (Lipinski definition) is 8. The van der Waals surface area contributed by atoms with E-state index in [0.29, 0.717) is 40.2 Å². The van der Waals surface area contributed by atoms with Gasteiger partial charge in [-0.3, -0.25) is 18.6 Å². The largest absolute Gasteiger partial charge is 0.497 e. The first-order valence-electron chi connectivity index (χ1n) is 10.7. The monoisotopic (exact) mass is 479 g/mol. The Morgan fingerprint density at radius 1 is 0.914 bits per heavy atom. The second kappa shape index (κ2) is 10.2. The molecule has 2 aromatic heterocycles. The number of aryl methyl sites for hydroxylation is 1. The highest BCUT2D eigenvalue weighted by atomic mass is 16.5. The lowest BCUT2D eigenvalue weighted by Crippen LogP contribution is -2.20. The van der Waals surface area contributed by atoms with Crippen molar-refractivity contribution in [3.63, 3.8) is 0 Å².